The molecule has 1 unspecified atom stereocenters. The average molecular weight is 227 g/mol. The molecule has 2 rings (SSSR count). The molecule has 0 bridgehead atoms. The fourth-order valence-electron chi connectivity index (χ4n) is 2.44. The van der Waals surface area contributed by atoms with Gasteiger partial charge in [0.05, 0.1) is 6.04 Å². The number of benzene rings is 1. The van der Waals surface area contributed by atoms with Gasteiger partial charge < -0.3 is 5.32 Å². The Morgan fingerprint density at radius 2 is 1.88 bits per heavy atom. The topological polar surface area (TPSA) is 12.0 Å². The Bertz CT molecular complexity index is 382. The summed E-state index contributed by atoms with van der Waals surface area (Å²) in [5.74, 6) is 4.08. The van der Waals surface area contributed by atoms with Crippen LogP contribution in [0.5, 0.6) is 0 Å². The predicted octanol–water partition coefficient (Wildman–Crippen LogP) is 3.18. The first-order chi connectivity index (χ1) is 8.20. The second-order valence-corrected chi connectivity index (χ2v) is 5.33. The highest BCUT2D eigenvalue weighted by atomic mass is 15.0. The summed E-state index contributed by atoms with van der Waals surface area (Å²) in [6.45, 7) is 4.34. The molecule has 17 heavy (non-hydrogen) atoms. The minimum atomic E-state index is 0.219. The Labute approximate surface area is 105 Å². The number of terminal acetylenes is 1. The van der Waals surface area contributed by atoms with E-state index in [-0.39, 0.29) is 6.04 Å². The molecule has 0 amide bonds. The van der Waals surface area contributed by atoms with E-state index in [1.54, 1.807) is 0 Å². The minimum absolute atomic E-state index is 0.219. The molecule has 1 atom stereocenters. The lowest BCUT2D eigenvalue weighted by Crippen LogP contribution is -2.46. The highest BCUT2D eigenvalue weighted by Crippen LogP contribution is 2.37. The van der Waals surface area contributed by atoms with Gasteiger partial charge in [-0.3, -0.25) is 0 Å². The molecule has 1 N–H and O–H groups in total. The van der Waals surface area contributed by atoms with Gasteiger partial charge in [0, 0.05) is 6.04 Å². The summed E-state index contributed by atoms with van der Waals surface area (Å²) in [5.41, 5.74) is 1.47. The van der Waals surface area contributed by atoms with E-state index < -0.39 is 0 Å². The van der Waals surface area contributed by atoms with Gasteiger partial charge in [0.25, 0.3) is 0 Å². The maximum Gasteiger partial charge on any atom is 0.0712 e. The molecule has 0 radical (unpaired) electrons. The van der Waals surface area contributed by atoms with Crippen molar-refractivity contribution < 1.29 is 0 Å². The van der Waals surface area contributed by atoms with Crippen molar-refractivity contribution in [3.8, 4) is 12.3 Å². The lowest BCUT2D eigenvalue weighted by molar-refractivity contribution is 0.262. The van der Waals surface area contributed by atoms with Crippen molar-refractivity contribution in [3.63, 3.8) is 0 Å². The van der Waals surface area contributed by atoms with Crippen LogP contribution in [0.25, 0.3) is 0 Å². The van der Waals surface area contributed by atoms with Gasteiger partial charge in [0.15, 0.2) is 0 Å². The molecular formula is C16H21N. The Morgan fingerprint density at radius 3 is 2.41 bits per heavy atom. The fraction of sp³-hybridized carbons (Fsp3) is 0.500. The maximum atomic E-state index is 5.53. The van der Waals surface area contributed by atoms with E-state index in [0.29, 0.717) is 12.0 Å². The smallest absolute Gasteiger partial charge is 0.0712 e. The second-order valence-electron chi connectivity index (χ2n) is 5.33. The SMILES string of the molecule is C#CC(NC1CC(c2ccccc2)C1)C(C)C. The summed E-state index contributed by atoms with van der Waals surface area (Å²) in [6, 6.07) is 11.6. The van der Waals surface area contributed by atoms with Crippen LogP contribution in [0.1, 0.15) is 38.2 Å². The van der Waals surface area contributed by atoms with Gasteiger partial charge in [-0.25, -0.2) is 0 Å². The van der Waals surface area contributed by atoms with Crippen LogP contribution in [0.2, 0.25) is 0 Å². The minimum Gasteiger partial charge on any atom is -0.301 e. The summed E-state index contributed by atoms with van der Waals surface area (Å²) in [7, 11) is 0. The van der Waals surface area contributed by atoms with Gasteiger partial charge >= 0.3 is 0 Å². The van der Waals surface area contributed by atoms with E-state index in [1.165, 1.54) is 18.4 Å². The maximum absolute atomic E-state index is 5.53. The number of nitrogens with one attached hydrogen (secondary N) is 1. The van der Waals surface area contributed by atoms with Crippen LogP contribution in [-0.4, -0.2) is 12.1 Å². The molecule has 1 aliphatic rings. The third-order valence-electron chi connectivity index (χ3n) is 3.67. The molecule has 90 valence electrons. The van der Waals surface area contributed by atoms with Crippen LogP contribution >= 0.6 is 0 Å². The van der Waals surface area contributed by atoms with Crippen molar-refractivity contribution in [2.75, 3.05) is 0 Å². The zero-order chi connectivity index (χ0) is 12.3. The first-order valence-electron chi connectivity index (χ1n) is 6.48. The van der Waals surface area contributed by atoms with Gasteiger partial charge in [0.2, 0.25) is 0 Å². The standard InChI is InChI=1S/C16H21N/c1-4-16(12(2)3)17-15-10-14(11-15)13-8-6-5-7-9-13/h1,5-9,12,14-17H,10-11H2,2-3H3. The first-order valence-corrected chi connectivity index (χ1v) is 6.48. The average Bonchev–Trinajstić information content (AvgIpc) is 2.28. The van der Waals surface area contributed by atoms with Crippen LogP contribution in [0.3, 0.4) is 0 Å². The van der Waals surface area contributed by atoms with Crippen molar-refractivity contribution in [2.45, 2.75) is 44.7 Å². The van der Waals surface area contributed by atoms with Crippen molar-refractivity contribution >= 4 is 0 Å². The Hall–Kier alpha value is -1.26. The second kappa shape index (κ2) is 5.38. The van der Waals surface area contributed by atoms with E-state index >= 15 is 0 Å². The molecule has 0 heterocycles. The molecule has 1 nitrogen and oxygen atoms in total. The summed E-state index contributed by atoms with van der Waals surface area (Å²) in [4.78, 5) is 0. The molecule has 0 spiro atoms. The van der Waals surface area contributed by atoms with Crippen LogP contribution in [-0.2, 0) is 0 Å². The molecule has 1 saturated carbocycles. The third kappa shape index (κ3) is 2.90. The number of hydrogen-bond acceptors (Lipinski definition) is 1. The van der Waals surface area contributed by atoms with E-state index in [2.05, 4.69) is 55.4 Å². The summed E-state index contributed by atoms with van der Waals surface area (Å²) in [6.07, 6.45) is 7.97. The predicted molar refractivity (Wildman–Crippen MR) is 72.8 cm³/mol. The summed E-state index contributed by atoms with van der Waals surface area (Å²) >= 11 is 0. The van der Waals surface area contributed by atoms with E-state index in [0.717, 1.165) is 5.92 Å². The molecule has 0 aromatic heterocycles. The van der Waals surface area contributed by atoms with Gasteiger partial charge in [-0.2, -0.15) is 0 Å². The molecular weight excluding hydrogens is 206 g/mol. The molecule has 1 aliphatic carbocycles. The highest BCUT2D eigenvalue weighted by Gasteiger charge is 2.31. The van der Waals surface area contributed by atoms with Gasteiger partial charge in [-0.15, -0.1) is 6.42 Å². The Balaban J connectivity index is 1.82. The van der Waals surface area contributed by atoms with Crippen LogP contribution < -0.4 is 5.32 Å². The molecule has 1 heteroatoms. The van der Waals surface area contributed by atoms with E-state index in [9.17, 15) is 0 Å². The van der Waals surface area contributed by atoms with Gasteiger partial charge in [0.1, 0.15) is 0 Å². The van der Waals surface area contributed by atoms with Crippen LogP contribution in [0, 0.1) is 18.3 Å². The summed E-state index contributed by atoms with van der Waals surface area (Å²) in [5, 5.41) is 3.57. The highest BCUT2D eigenvalue weighted by molar-refractivity contribution is 5.23. The molecule has 0 aliphatic heterocycles. The van der Waals surface area contributed by atoms with Crippen molar-refractivity contribution in [2.24, 2.45) is 5.92 Å². The Morgan fingerprint density at radius 1 is 1.24 bits per heavy atom. The van der Waals surface area contributed by atoms with E-state index in [4.69, 9.17) is 6.42 Å². The molecule has 1 aromatic carbocycles. The lowest BCUT2D eigenvalue weighted by atomic mass is 9.75. The zero-order valence-corrected chi connectivity index (χ0v) is 10.7. The first kappa shape index (κ1) is 12.2. The number of rotatable bonds is 4. The monoisotopic (exact) mass is 227 g/mol. The van der Waals surface area contributed by atoms with Crippen LogP contribution in [0.4, 0.5) is 0 Å². The van der Waals surface area contributed by atoms with Crippen molar-refractivity contribution in [1.29, 1.82) is 0 Å². The number of hydrogen-bond donors (Lipinski definition) is 1. The summed E-state index contributed by atoms with van der Waals surface area (Å²) < 4.78 is 0. The van der Waals surface area contributed by atoms with Crippen molar-refractivity contribution in [1.82, 2.24) is 5.32 Å². The van der Waals surface area contributed by atoms with E-state index in [1.807, 2.05) is 0 Å². The lowest BCUT2D eigenvalue weighted by Gasteiger charge is -2.38. The Kier molecular flexibility index (Phi) is 3.86. The fourth-order valence-corrected chi connectivity index (χ4v) is 2.44. The normalized spacial score (nSPS) is 25.1. The largest absolute Gasteiger partial charge is 0.301 e. The molecule has 0 saturated heterocycles. The quantitative estimate of drug-likeness (QED) is 0.779. The van der Waals surface area contributed by atoms with Crippen molar-refractivity contribution in [3.05, 3.63) is 35.9 Å². The van der Waals surface area contributed by atoms with Gasteiger partial charge in [-0.1, -0.05) is 50.1 Å². The molecule has 1 aromatic rings. The van der Waals surface area contributed by atoms with Crippen LogP contribution in [0.15, 0.2) is 30.3 Å². The molecule has 1 fully saturated rings. The van der Waals surface area contributed by atoms with Gasteiger partial charge in [-0.05, 0) is 30.2 Å². The third-order valence-corrected chi connectivity index (χ3v) is 3.67. The zero-order valence-electron chi connectivity index (χ0n) is 10.7.